The van der Waals surface area contributed by atoms with Gasteiger partial charge in [-0.3, -0.25) is 9.59 Å². The van der Waals surface area contributed by atoms with Gasteiger partial charge in [0.1, 0.15) is 16.5 Å². The lowest BCUT2D eigenvalue weighted by Gasteiger charge is -2.07. The lowest BCUT2D eigenvalue weighted by atomic mass is 10.2. The minimum absolute atomic E-state index is 0.00230. The Kier molecular flexibility index (Phi) is 6.89. The molecule has 0 atom stereocenters. The van der Waals surface area contributed by atoms with E-state index in [1.807, 2.05) is 0 Å². The van der Waals surface area contributed by atoms with Crippen molar-refractivity contribution in [3.8, 4) is 5.69 Å². The summed E-state index contributed by atoms with van der Waals surface area (Å²) in [6.45, 7) is 2.96. The van der Waals surface area contributed by atoms with Gasteiger partial charge in [0.2, 0.25) is 5.91 Å². The largest absolute Gasteiger partial charge is 0.452 e. The van der Waals surface area contributed by atoms with Crippen LogP contribution >= 0.6 is 11.6 Å². The Morgan fingerprint density at radius 1 is 1.19 bits per heavy atom. The maximum Gasteiger partial charge on any atom is 0.343 e. The Balaban J connectivity index is 2.01. The first-order valence-corrected chi connectivity index (χ1v) is 8.42. The normalized spacial score (nSPS) is 10.4. The second-order valence-electron chi connectivity index (χ2n) is 5.45. The average Bonchev–Trinajstić information content (AvgIpc) is 2.93. The van der Waals surface area contributed by atoms with E-state index in [1.165, 1.54) is 28.9 Å². The number of hydrogen-bond acceptors (Lipinski definition) is 5. The molecule has 0 aliphatic carbocycles. The van der Waals surface area contributed by atoms with Gasteiger partial charge in [-0.15, -0.1) is 0 Å². The molecule has 0 bridgehead atoms. The molecule has 10 heteroatoms. The predicted molar refractivity (Wildman–Crippen MR) is 95.2 cm³/mol. The summed E-state index contributed by atoms with van der Waals surface area (Å²) in [6.07, 6.45) is 0. The summed E-state index contributed by atoms with van der Waals surface area (Å²) >= 11 is 6.20. The number of aromatic nitrogens is 2. The number of carbonyl (C=O) groups is 3. The summed E-state index contributed by atoms with van der Waals surface area (Å²) < 4.78 is 19.2. The monoisotopic (exact) mass is 396 g/mol. The number of aryl methyl sites for hydroxylation is 1. The minimum atomic E-state index is -0.834. The van der Waals surface area contributed by atoms with Gasteiger partial charge in [0.25, 0.3) is 5.91 Å². The standard InChI is InChI=1S/C17H18ClFN4O4/c1-3-20-13(24)8-21-14(25)9-27-17(26)15-10(2)22-23(16(15)18)12-6-4-11(19)5-7-12/h4-7H,3,8-9H2,1-2H3,(H,20,24)(H,21,25). The fourth-order valence-electron chi connectivity index (χ4n) is 2.18. The molecule has 8 nitrogen and oxygen atoms in total. The lowest BCUT2D eigenvalue weighted by molar-refractivity contribution is -0.127. The van der Waals surface area contributed by atoms with Crippen molar-refractivity contribution in [2.75, 3.05) is 19.7 Å². The molecular weight excluding hydrogens is 379 g/mol. The fourth-order valence-corrected chi connectivity index (χ4v) is 2.53. The molecule has 0 spiro atoms. The highest BCUT2D eigenvalue weighted by molar-refractivity contribution is 6.33. The van der Waals surface area contributed by atoms with E-state index < -0.39 is 24.3 Å². The first-order chi connectivity index (χ1) is 12.8. The molecule has 2 aromatic rings. The minimum Gasteiger partial charge on any atom is -0.452 e. The van der Waals surface area contributed by atoms with E-state index in [4.69, 9.17) is 16.3 Å². The Morgan fingerprint density at radius 2 is 1.85 bits per heavy atom. The van der Waals surface area contributed by atoms with Gasteiger partial charge in [-0.05, 0) is 38.1 Å². The third kappa shape index (κ3) is 5.27. The van der Waals surface area contributed by atoms with E-state index in [9.17, 15) is 18.8 Å². The molecule has 27 heavy (non-hydrogen) atoms. The summed E-state index contributed by atoms with van der Waals surface area (Å²) in [4.78, 5) is 35.2. The second kappa shape index (κ2) is 9.13. The van der Waals surface area contributed by atoms with Crippen LogP contribution in [0.2, 0.25) is 5.15 Å². The quantitative estimate of drug-likeness (QED) is 0.688. The molecule has 0 radical (unpaired) electrons. The van der Waals surface area contributed by atoms with Crippen LogP contribution in [0, 0.1) is 12.7 Å². The van der Waals surface area contributed by atoms with Crippen LogP contribution in [0.15, 0.2) is 24.3 Å². The number of benzene rings is 1. The van der Waals surface area contributed by atoms with Crippen molar-refractivity contribution in [2.45, 2.75) is 13.8 Å². The van der Waals surface area contributed by atoms with Crippen molar-refractivity contribution in [1.29, 1.82) is 0 Å². The molecule has 2 amide bonds. The second-order valence-corrected chi connectivity index (χ2v) is 5.80. The Morgan fingerprint density at radius 3 is 2.48 bits per heavy atom. The van der Waals surface area contributed by atoms with Gasteiger partial charge in [0.15, 0.2) is 6.61 Å². The Hall–Kier alpha value is -2.94. The van der Waals surface area contributed by atoms with E-state index in [-0.39, 0.29) is 28.9 Å². The summed E-state index contributed by atoms with van der Waals surface area (Å²) in [5.74, 6) is -2.23. The van der Waals surface area contributed by atoms with Gasteiger partial charge in [-0.2, -0.15) is 5.10 Å². The number of nitrogens with one attached hydrogen (secondary N) is 2. The molecule has 1 aromatic carbocycles. The van der Waals surface area contributed by atoms with Crippen molar-refractivity contribution in [1.82, 2.24) is 20.4 Å². The number of rotatable bonds is 7. The summed E-state index contributed by atoms with van der Waals surface area (Å²) in [7, 11) is 0. The molecule has 0 fully saturated rings. The molecule has 2 N–H and O–H groups in total. The van der Waals surface area contributed by atoms with E-state index in [1.54, 1.807) is 13.8 Å². The van der Waals surface area contributed by atoms with E-state index in [2.05, 4.69) is 15.7 Å². The number of carbonyl (C=O) groups excluding carboxylic acids is 3. The molecule has 2 rings (SSSR count). The van der Waals surface area contributed by atoms with Gasteiger partial charge < -0.3 is 15.4 Å². The predicted octanol–water partition coefficient (Wildman–Crippen LogP) is 1.38. The van der Waals surface area contributed by atoms with Crippen LogP contribution in [-0.4, -0.2) is 47.3 Å². The van der Waals surface area contributed by atoms with Crippen LogP contribution in [0.25, 0.3) is 5.69 Å². The highest BCUT2D eigenvalue weighted by Crippen LogP contribution is 2.24. The van der Waals surface area contributed by atoms with Gasteiger partial charge in [-0.1, -0.05) is 11.6 Å². The summed E-state index contributed by atoms with van der Waals surface area (Å²) in [6, 6.07) is 5.38. The van der Waals surface area contributed by atoms with Crippen LogP contribution in [-0.2, 0) is 14.3 Å². The average molecular weight is 397 g/mol. The molecule has 0 unspecified atom stereocenters. The van der Waals surface area contributed by atoms with Crippen LogP contribution in [0.4, 0.5) is 4.39 Å². The third-order valence-corrected chi connectivity index (χ3v) is 3.78. The molecule has 0 aliphatic rings. The lowest BCUT2D eigenvalue weighted by Crippen LogP contribution is -2.38. The first-order valence-electron chi connectivity index (χ1n) is 8.05. The number of likely N-dealkylation sites (N-methyl/N-ethyl adjacent to an activating group) is 1. The first kappa shape index (κ1) is 20.4. The third-order valence-electron chi connectivity index (χ3n) is 3.43. The van der Waals surface area contributed by atoms with E-state index in [0.29, 0.717) is 12.2 Å². The number of esters is 1. The molecule has 0 saturated carbocycles. The van der Waals surface area contributed by atoms with Crippen LogP contribution in [0.3, 0.4) is 0 Å². The van der Waals surface area contributed by atoms with E-state index in [0.717, 1.165) is 0 Å². The van der Waals surface area contributed by atoms with Gasteiger partial charge >= 0.3 is 5.97 Å². The van der Waals surface area contributed by atoms with Crippen molar-refractivity contribution >= 4 is 29.4 Å². The molecule has 0 aliphatic heterocycles. The Bertz CT molecular complexity index is 851. The van der Waals surface area contributed by atoms with Crippen molar-refractivity contribution in [3.05, 3.63) is 46.5 Å². The van der Waals surface area contributed by atoms with Crippen molar-refractivity contribution in [3.63, 3.8) is 0 Å². The van der Waals surface area contributed by atoms with Gasteiger partial charge in [0.05, 0.1) is 17.9 Å². The number of hydrogen-bond donors (Lipinski definition) is 2. The number of ether oxygens (including phenoxy) is 1. The van der Waals surface area contributed by atoms with E-state index >= 15 is 0 Å². The number of amides is 2. The molecule has 1 aromatic heterocycles. The molecule has 1 heterocycles. The number of halogens is 2. The molecule has 144 valence electrons. The zero-order chi connectivity index (χ0) is 20.0. The molecule has 0 saturated heterocycles. The molecular formula is C17H18ClFN4O4. The zero-order valence-electron chi connectivity index (χ0n) is 14.7. The Labute approximate surface area is 159 Å². The van der Waals surface area contributed by atoms with Gasteiger partial charge in [-0.25, -0.2) is 13.9 Å². The smallest absolute Gasteiger partial charge is 0.343 e. The van der Waals surface area contributed by atoms with Crippen LogP contribution in [0.1, 0.15) is 23.0 Å². The maximum atomic E-state index is 13.0. The zero-order valence-corrected chi connectivity index (χ0v) is 15.5. The summed E-state index contributed by atoms with van der Waals surface area (Å²) in [5, 5.41) is 8.96. The topological polar surface area (TPSA) is 102 Å². The number of nitrogens with zero attached hydrogens (tertiary/aromatic N) is 2. The SMILES string of the molecule is CCNC(=O)CNC(=O)COC(=O)c1c(C)nn(-c2ccc(F)cc2)c1Cl. The van der Waals surface area contributed by atoms with Gasteiger partial charge in [0, 0.05) is 6.54 Å². The van der Waals surface area contributed by atoms with Crippen molar-refractivity contribution < 1.29 is 23.5 Å². The summed E-state index contributed by atoms with van der Waals surface area (Å²) in [5.41, 5.74) is 0.748. The van der Waals surface area contributed by atoms with Crippen LogP contribution in [0.5, 0.6) is 0 Å². The maximum absolute atomic E-state index is 13.0. The highest BCUT2D eigenvalue weighted by Gasteiger charge is 2.23. The van der Waals surface area contributed by atoms with Crippen LogP contribution < -0.4 is 10.6 Å². The fraction of sp³-hybridized carbons (Fsp3) is 0.294. The highest BCUT2D eigenvalue weighted by atomic mass is 35.5. The van der Waals surface area contributed by atoms with Crippen molar-refractivity contribution in [2.24, 2.45) is 0 Å².